The summed E-state index contributed by atoms with van der Waals surface area (Å²) in [5.74, 6) is -0.161. The first kappa shape index (κ1) is 10.7. The number of hydrogen-bond donors (Lipinski definition) is 2. The van der Waals surface area contributed by atoms with Gasteiger partial charge in [0.05, 0.1) is 6.33 Å². The van der Waals surface area contributed by atoms with E-state index < -0.39 is 4.92 Å². The van der Waals surface area contributed by atoms with Gasteiger partial charge in [0.25, 0.3) is 0 Å². The van der Waals surface area contributed by atoms with E-state index in [-0.39, 0.29) is 10.8 Å². The number of H-pyrrole nitrogens is 2. The van der Waals surface area contributed by atoms with Crippen molar-refractivity contribution in [3.05, 3.63) is 29.1 Å². The van der Waals surface area contributed by atoms with Gasteiger partial charge in [-0.15, -0.1) is 0 Å². The third kappa shape index (κ3) is 1.68. The van der Waals surface area contributed by atoms with Gasteiger partial charge < -0.3 is 15.1 Å². The molecule has 3 aromatic rings. The molecule has 0 amide bonds. The van der Waals surface area contributed by atoms with Crippen molar-refractivity contribution < 1.29 is 4.92 Å². The molecule has 0 atom stereocenters. The van der Waals surface area contributed by atoms with Crippen LogP contribution in [-0.2, 0) is 0 Å². The first-order valence-electron chi connectivity index (χ1n) is 4.75. The van der Waals surface area contributed by atoms with Crippen molar-refractivity contribution in [3.63, 3.8) is 0 Å². The lowest BCUT2D eigenvalue weighted by atomic mass is 10.6. The van der Waals surface area contributed by atoms with Crippen LogP contribution in [0.4, 0.5) is 5.82 Å². The van der Waals surface area contributed by atoms with Gasteiger partial charge in [0.15, 0.2) is 17.0 Å². The molecule has 0 saturated heterocycles. The largest absolute Gasteiger partial charge is 0.358 e. The molecule has 2 N–H and O–H groups in total. The standard InChI is InChI=1S/C8H5N7O2S/c16-15(17)6-8(14-3-12-6)18-7-4-5(10-1-9-4)11-2-13-7/h1-3H,(H,12,14)(H,9,10,11,13). The van der Waals surface area contributed by atoms with Gasteiger partial charge in [-0.1, -0.05) is 0 Å². The van der Waals surface area contributed by atoms with Gasteiger partial charge in [-0.25, -0.2) is 24.9 Å². The summed E-state index contributed by atoms with van der Waals surface area (Å²) in [5.41, 5.74) is 1.13. The van der Waals surface area contributed by atoms with Gasteiger partial charge in [-0.3, -0.25) is 0 Å². The predicted molar refractivity (Wildman–Crippen MR) is 61.0 cm³/mol. The van der Waals surface area contributed by atoms with E-state index in [4.69, 9.17) is 0 Å². The van der Waals surface area contributed by atoms with Crippen molar-refractivity contribution in [2.75, 3.05) is 0 Å². The highest BCUT2D eigenvalue weighted by molar-refractivity contribution is 7.99. The molecule has 3 heterocycles. The maximum absolute atomic E-state index is 10.8. The van der Waals surface area contributed by atoms with Crippen LogP contribution >= 0.6 is 11.8 Å². The Hall–Kier alpha value is -2.49. The van der Waals surface area contributed by atoms with Crippen LogP contribution in [0.1, 0.15) is 0 Å². The fourth-order valence-corrected chi connectivity index (χ4v) is 2.26. The van der Waals surface area contributed by atoms with Crippen LogP contribution in [-0.4, -0.2) is 34.8 Å². The summed E-state index contributed by atoms with van der Waals surface area (Å²) >= 11 is 1.08. The van der Waals surface area contributed by atoms with E-state index in [1.165, 1.54) is 19.0 Å². The smallest absolute Gasteiger partial charge is 0.354 e. The van der Waals surface area contributed by atoms with Crippen molar-refractivity contribution in [1.82, 2.24) is 29.9 Å². The molecule has 0 spiro atoms. The molecule has 0 aliphatic rings. The Kier molecular flexibility index (Phi) is 2.41. The minimum atomic E-state index is -0.527. The van der Waals surface area contributed by atoms with Gasteiger partial charge in [-0.2, -0.15) is 0 Å². The lowest BCUT2D eigenvalue weighted by Gasteiger charge is -1.98. The Bertz CT molecular complexity index is 721. The second kappa shape index (κ2) is 4.07. The molecule has 3 aromatic heterocycles. The molecule has 18 heavy (non-hydrogen) atoms. The van der Waals surface area contributed by atoms with Gasteiger partial charge >= 0.3 is 5.82 Å². The van der Waals surface area contributed by atoms with Crippen LogP contribution in [0, 0.1) is 10.1 Å². The fourth-order valence-electron chi connectivity index (χ4n) is 1.39. The average molecular weight is 263 g/mol. The Morgan fingerprint density at radius 3 is 2.78 bits per heavy atom. The average Bonchev–Trinajstić information content (AvgIpc) is 2.96. The molecule has 90 valence electrons. The molecule has 0 aliphatic heterocycles. The van der Waals surface area contributed by atoms with Crippen molar-refractivity contribution in [1.29, 1.82) is 0 Å². The summed E-state index contributed by atoms with van der Waals surface area (Å²) in [6.45, 7) is 0. The zero-order valence-corrected chi connectivity index (χ0v) is 9.51. The molecule has 0 aliphatic carbocycles. The van der Waals surface area contributed by atoms with E-state index in [9.17, 15) is 10.1 Å². The maximum Gasteiger partial charge on any atom is 0.354 e. The van der Waals surface area contributed by atoms with Crippen molar-refractivity contribution in [2.24, 2.45) is 0 Å². The van der Waals surface area contributed by atoms with E-state index in [0.29, 0.717) is 16.2 Å². The minimum Gasteiger partial charge on any atom is -0.358 e. The number of imidazole rings is 2. The molecule has 0 aromatic carbocycles. The normalized spacial score (nSPS) is 10.9. The summed E-state index contributed by atoms with van der Waals surface area (Å²) in [5, 5.41) is 11.5. The van der Waals surface area contributed by atoms with Crippen molar-refractivity contribution in [2.45, 2.75) is 10.1 Å². The third-order valence-corrected chi connectivity index (χ3v) is 3.14. The highest BCUT2D eigenvalue weighted by Gasteiger charge is 2.18. The second-order valence-electron chi connectivity index (χ2n) is 3.20. The van der Waals surface area contributed by atoms with Crippen LogP contribution in [0.3, 0.4) is 0 Å². The quantitative estimate of drug-likeness (QED) is 0.412. The van der Waals surface area contributed by atoms with E-state index in [1.54, 1.807) is 0 Å². The Balaban J connectivity index is 2.04. The fraction of sp³-hybridized carbons (Fsp3) is 0. The van der Waals surface area contributed by atoms with Crippen molar-refractivity contribution >= 4 is 28.7 Å². The lowest BCUT2D eigenvalue weighted by Crippen LogP contribution is -1.91. The monoisotopic (exact) mass is 263 g/mol. The maximum atomic E-state index is 10.8. The summed E-state index contributed by atoms with van der Waals surface area (Å²) in [4.78, 5) is 31.5. The van der Waals surface area contributed by atoms with Gasteiger partial charge in [0, 0.05) is 0 Å². The first-order chi connectivity index (χ1) is 8.75. The highest BCUT2D eigenvalue weighted by atomic mass is 32.2. The van der Waals surface area contributed by atoms with Gasteiger partial charge in [-0.05, 0) is 16.7 Å². The summed E-state index contributed by atoms with van der Waals surface area (Å²) in [6, 6.07) is 0. The number of fused-ring (bicyclic) bond motifs is 1. The van der Waals surface area contributed by atoms with E-state index in [2.05, 4.69) is 29.9 Å². The third-order valence-electron chi connectivity index (χ3n) is 2.15. The zero-order chi connectivity index (χ0) is 12.5. The van der Waals surface area contributed by atoms with E-state index in [0.717, 1.165) is 11.8 Å². The minimum absolute atomic E-state index is 0.161. The molecule has 0 bridgehead atoms. The van der Waals surface area contributed by atoms with Crippen LogP contribution < -0.4 is 0 Å². The molecule has 0 saturated carbocycles. The first-order valence-corrected chi connectivity index (χ1v) is 5.57. The molecule has 0 fully saturated rings. The highest BCUT2D eigenvalue weighted by Crippen LogP contribution is 2.32. The number of rotatable bonds is 3. The molecule has 0 unspecified atom stereocenters. The molecular formula is C8H5N7O2S. The zero-order valence-electron chi connectivity index (χ0n) is 8.69. The topological polar surface area (TPSA) is 126 Å². The molecule has 10 heteroatoms. The number of hydrogen-bond acceptors (Lipinski definition) is 7. The van der Waals surface area contributed by atoms with Gasteiger partial charge in [0.1, 0.15) is 16.9 Å². The lowest BCUT2D eigenvalue weighted by molar-refractivity contribution is -0.392. The predicted octanol–water partition coefficient (Wildman–Crippen LogP) is 1.14. The summed E-state index contributed by atoms with van der Waals surface area (Å²) in [7, 11) is 0. The van der Waals surface area contributed by atoms with Gasteiger partial charge in [0.2, 0.25) is 0 Å². The summed E-state index contributed by atoms with van der Waals surface area (Å²) in [6.07, 6.45) is 4.11. The molecule has 9 nitrogen and oxygen atoms in total. The van der Waals surface area contributed by atoms with Crippen LogP contribution in [0.15, 0.2) is 29.0 Å². The van der Waals surface area contributed by atoms with Crippen LogP contribution in [0.25, 0.3) is 11.2 Å². The number of aromatic nitrogens is 6. The number of nitrogens with one attached hydrogen (secondary N) is 2. The van der Waals surface area contributed by atoms with Crippen LogP contribution in [0.5, 0.6) is 0 Å². The SMILES string of the molecule is O=[N+]([O-])c1[nH]cnc1Sc1ncnc2nc[nH]c12. The number of nitro groups is 1. The Morgan fingerprint density at radius 2 is 1.94 bits per heavy atom. The van der Waals surface area contributed by atoms with Crippen LogP contribution in [0.2, 0.25) is 0 Å². The number of nitrogens with zero attached hydrogens (tertiary/aromatic N) is 5. The molecule has 3 rings (SSSR count). The van der Waals surface area contributed by atoms with E-state index >= 15 is 0 Å². The Morgan fingerprint density at radius 1 is 1.11 bits per heavy atom. The Labute approximate surface area is 103 Å². The number of aromatic amines is 2. The van der Waals surface area contributed by atoms with E-state index in [1.807, 2.05) is 0 Å². The molecule has 0 radical (unpaired) electrons. The second-order valence-corrected chi connectivity index (χ2v) is 4.17. The molecular weight excluding hydrogens is 258 g/mol. The van der Waals surface area contributed by atoms with Crippen molar-refractivity contribution in [3.8, 4) is 0 Å². The summed E-state index contributed by atoms with van der Waals surface area (Å²) < 4.78 is 0.